The molecule has 1 saturated heterocycles. The van der Waals surface area contributed by atoms with Gasteiger partial charge in [-0.15, -0.1) is 0 Å². The standard InChI is InChI=1S/C20H16ClNO5/c1-11-4-2-5-13-17(11)19(24)22(18(13)23)14-10-12(21)7-8-15(14)27-20(25)16-6-3-9-26-16/h2-4,6-11,13,17H,5H2,1H3/t11-,13+,17+/m1/s1. The predicted octanol–water partition coefficient (Wildman–Crippen LogP) is 3.85. The van der Waals surface area contributed by atoms with Crippen LogP contribution in [0, 0.1) is 17.8 Å². The molecule has 138 valence electrons. The van der Waals surface area contributed by atoms with Crippen LogP contribution in [0.25, 0.3) is 0 Å². The molecule has 3 atom stereocenters. The number of hydrogen-bond donors (Lipinski definition) is 0. The number of anilines is 1. The number of halogens is 1. The average Bonchev–Trinajstić information content (AvgIpc) is 3.25. The van der Waals surface area contributed by atoms with E-state index in [4.69, 9.17) is 20.8 Å². The van der Waals surface area contributed by atoms with Gasteiger partial charge in [-0.25, -0.2) is 9.69 Å². The third-order valence-corrected chi connectivity index (χ3v) is 5.19. The van der Waals surface area contributed by atoms with E-state index < -0.39 is 17.8 Å². The Kier molecular flexibility index (Phi) is 4.36. The van der Waals surface area contributed by atoms with Crippen molar-refractivity contribution >= 4 is 35.1 Å². The highest BCUT2D eigenvalue weighted by Gasteiger charge is 2.51. The SMILES string of the molecule is C[C@@H]1C=CC[C@@H]2C(=O)N(c3cc(Cl)ccc3OC(=O)c3ccco3)C(=O)[C@@H]12. The average molecular weight is 386 g/mol. The van der Waals surface area contributed by atoms with Gasteiger partial charge in [0, 0.05) is 5.02 Å². The van der Waals surface area contributed by atoms with Crippen molar-refractivity contribution in [3.63, 3.8) is 0 Å². The first-order chi connectivity index (χ1) is 13.0. The van der Waals surface area contributed by atoms with Crippen molar-refractivity contribution in [1.82, 2.24) is 0 Å². The molecule has 2 heterocycles. The molecule has 2 aliphatic rings. The largest absolute Gasteiger partial charge is 0.457 e. The number of carbonyl (C=O) groups is 3. The molecular formula is C20H16ClNO5. The molecule has 0 bridgehead atoms. The lowest BCUT2D eigenvalue weighted by Gasteiger charge is -2.22. The molecule has 0 spiro atoms. The van der Waals surface area contributed by atoms with Crippen LogP contribution in [0.5, 0.6) is 5.75 Å². The highest BCUT2D eigenvalue weighted by molar-refractivity contribution is 6.31. The Morgan fingerprint density at radius 1 is 1.26 bits per heavy atom. The van der Waals surface area contributed by atoms with Gasteiger partial charge in [-0.05, 0) is 42.7 Å². The van der Waals surface area contributed by atoms with Crippen molar-refractivity contribution in [2.45, 2.75) is 13.3 Å². The zero-order valence-electron chi connectivity index (χ0n) is 14.4. The second-order valence-electron chi connectivity index (χ2n) is 6.65. The maximum absolute atomic E-state index is 13.0. The van der Waals surface area contributed by atoms with Gasteiger partial charge in [0.1, 0.15) is 0 Å². The van der Waals surface area contributed by atoms with Gasteiger partial charge in [-0.1, -0.05) is 30.7 Å². The number of ether oxygens (including phenoxy) is 1. The normalized spacial score (nSPS) is 24.2. The first-order valence-corrected chi connectivity index (χ1v) is 8.95. The molecule has 0 unspecified atom stereocenters. The quantitative estimate of drug-likeness (QED) is 0.347. The van der Waals surface area contributed by atoms with Crippen molar-refractivity contribution in [3.8, 4) is 5.75 Å². The predicted molar refractivity (Wildman–Crippen MR) is 97.5 cm³/mol. The number of carbonyl (C=O) groups excluding carboxylic acids is 3. The Labute approximate surface area is 160 Å². The van der Waals surface area contributed by atoms with Crippen LogP contribution in [0.3, 0.4) is 0 Å². The van der Waals surface area contributed by atoms with E-state index in [1.165, 1.54) is 30.5 Å². The summed E-state index contributed by atoms with van der Waals surface area (Å²) in [5, 5.41) is 0.324. The molecule has 1 aromatic carbocycles. The molecule has 1 aromatic heterocycles. The first kappa shape index (κ1) is 17.5. The van der Waals surface area contributed by atoms with Gasteiger partial charge in [-0.3, -0.25) is 9.59 Å². The molecule has 6 nitrogen and oxygen atoms in total. The second-order valence-corrected chi connectivity index (χ2v) is 7.08. The van der Waals surface area contributed by atoms with Crippen molar-refractivity contribution in [2.75, 3.05) is 4.90 Å². The molecule has 1 fully saturated rings. The Hall–Kier alpha value is -2.86. The van der Waals surface area contributed by atoms with Gasteiger partial charge in [-0.2, -0.15) is 0 Å². The van der Waals surface area contributed by atoms with Crippen LogP contribution in [0.2, 0.25) is 5.02 Å². The monoisotopic (exact) mass is 385 g/mol. The number of rotatable bonds is 3. The summed E-state index contributed by atoms with van der Waals surface area (Å²) in [6.45, 7) is 1.91. The minimum absolute atomic E-state index is 0.0152. The number of fused-ring (bicyclic) bond motifs is 1. The van der Waals surface area contributed by atoms with Crippen LogP contribution in [-0.4, -0.2) is 17.8 Å². The number of amides is 2. The fourth-order valence-corrected chi connectivity index (χ4v) is 3.85. The maximum Gasteiger partial charge on any atom is 0.379 e. The van der Waals surface area contributed by atoms with E-state index in [2.05, 4.69) is 0 Å². The molecule has 0 N–H and O–H groups in total. The third-order valence-electron chi connectivity index (χ3n) is 4.96. The Morgan fingerprint density at radius 2 is 2.07 bits per heavy atom. The fourth-order valence-electron chi connectivity index (χ4n) is 3.68. The molecule has 2 aromatic rings. The zero-order valence-corrected chi connectivity index (χ0v) is 15.2. The second kappa shape index (κ2) is 6.70. The highest BCUT2D eigenvalue weighted by Crippen LogP contribution is 2.43. The molecule has 0 saturated carbocycles. The van der Waals surface area contributed by atoms with Crippen LogP contribution >= 0.6 is 11.6 Å². The molecule has 1 aliphatic carbocycles. The fraction of sp³-hybridized carbons (Fsp3) is 0.250. The summed E-state index contributed by atoms with van der Waals surface area (Å²) >= 11 is 6.09. The van der Waals surface area contributed by atoms with E-state index in [1.807, 2.05) is 19.1 Å². The van der Waals surface area contributed by atoms with Crippen LogP contribution in [0.15, 0.2) is 53.2 Å². The zero-order chi connectivity index (χ0) is 19.1. The van der Waals surface area contributed by atoms with E-state index in [0.717, 1.165) is 4.90 Å². The Balaban J connectivity index is 1.71. The van der Waals surface area contributed by atoms with Crippen LogP contribution < -0.4 is 9.64 Å². The molecule has 4 rings (SSSR count). The minimum Gasteiger partial charge on any atom is -0.457 e. The van der Waals surface area contributed by atoms with Crippen LogP contribution in [-0.2, 0) is 9.59 Å². The number of hydrogen-bond acceptors (Lipinski definition) is 5. The van der Waals surface area contributed by atoms with Crippen molar-refractivity contribution in [1.29, 1.82) is 0 Å². The summed E-state index contributed by atoms with van der Waals surface area (Å²) in [6, 6.07) is 7.47. The van der Waals surface area contributed by atoms with E-state index in [-0.39, 0.29) is 34.9 Å². The summed E-state index contributed by atoms with van der Waals surface area (Å²) < 4.78 is 10.4. The number of allylic oxidation sites excluding steroid dienone is 2. The maximum atomic E-state index is 13.0. The molecule has 27 heavy (non-hydrogen) atoms. The molecule has 0 radical (unpaired) electrons. The van der Waals surface area contributed by atoms with Gasteiger partial charge in [0.2, 0.25) is 17.6 Å². The Morgan fingerprint density at radius 3 is 2.78 bits per heavy atom. The molecule has 2 amide bonds. The highest BCUT2D eigenvalue weighted by atomic mass is 35.5. The van der Waals surface area contributed by atoms with E-state index in [1.54, 1.807) is 6.07 Å². The lowest BCUT2D eigenvalue weighted by atomic mass is 9.78. The van der Waals surface area contributed by atoms with Gasteiger partial charge >= 0.3 is 5.97 Å². The van der Waals surface area contributed by atoms with Crippen LogP contribution in [0.1, 0.15) is 23.9 Å². The first-order valence-electron chi connectivity index (χ1n) is 8.57. The third kappa shape index (κ3) is 2.96. The van der Waals surface area contributed by atoms with Crippen molar-refractivity contribution < 1.29 is 23.5 Å². The number of benzene rings is 1. The molecular weight excluding hydrogens is 370 g/mol. The van der Waals surface area contributed by atoms with Gasteiger partial charge in [0.05, 0.1) is 23.8 Å². The number of imide groups is 1. The van der Waals surface area contributed by atoms with E-state index in [9.17, 15) is 14.4 Å². The lowest BCUT2D eigenvalue weighted by Crippen LogP contribution is -2.32. The summed E-state index contributed by atoms with van der Waals surface area (Å²) in [6.07, 6.45) is 5.74. The summed E-state index contributed by atoms with van der Waals surface area (Å²) in [5.74, 6) is -2.13. The van der Waals surface area contributed by atoms with E-state index in [0.29, 0.717) is 11.4 Å². The van der Waals surface area contributed by atoms with Gasteiger partial charge in [0.15, 0.2) is 5.75 Å². The van der Waals surface area contributed by atoms with Crippen molar-refractivity contribution in [2.24, 2.45) is 17.8 Å². The lowest BCUT2D eigenvalue weighted by molar-refractivity contribution is -0.122. The number of furan rings is 1. The van der Waals surface area contributed by atoms with Crippen LogP contribution in [0.4, 0.5) is 5.69 Å². The van der Waals surface area contributed by atoms with Gasteiger partial charge < -0.3 is 9.15 Å². The summed E-state index contributed by atoms with van der Waals surface area (Å²) in [5.41, 5.74) is 0.166. The van der Waals surface area contributed by atoms with E-state index >= 15 is 0 Å². The summed E-state index contributed by atoms with van der Waals surface area (Å²) in [7, 11) is 0. The van der Waals surface area contributed by atoms with Crippen molar-refractivity contribution in [3.05, 3.63) is 59.5 Å². The number of nitrogens with zero attached hydrogens (tertiary/aromatic N) is 1. The number of esters is 1. The smallest absolute Gasteiger partial charge is 0.379 e. The Bertz CT molecular complexity index is 949. The summed E-state index contributed by atoms with van der Waals surface area (Å²) in [4.78, 5) is 39.3. The molecule has 7 heteroatoms. The van der Waals surface area contributed by atoms with Gasteiger partial charge in [0.25, 0.3) is 0 Å². The minimum atomic E-state index is -0.727. The molecule has 1 aliphatic heterocycles. The topological polar surface area (TPSA) is 76.8 Å².